The average Bonchev–Trinajstić information content (AvgIpc) is 2.91. The lowest BCUT2D eigenvalue weighted by Crippen LogP contribution is -2.48. The smallest absolute Gasteiger partial charge is 0.418 e. The summed E-state index contributed by atoms with van der Waals surface area (Å²) in [6.07, 6.45) is 3.73. The predicted octanol–water partition coefficient (Wildman–Crippen LogP) is 5.28. The second-order valence-corrected chi connectivity index (χ2v) is 9.65. The van der Waals surface area contributed by atoms with E-state index in [2.05, 4.69) is 20.3 Å². The number of fused-ring (bicyclic) bond motifs is 1. The Morgan fingerprint density at radius 2 is 1.56 bits per heavy atom. The number of carbonyl (C=O) groups is 2. The van der Waals surface area contributed by atoms with E-state index in [0.717, 1.165) is 5.56 Å². The molecule has 3 amide bonds. The molecule has 0 bridgehead atoms. The van der Waals surface area contributed by atoms with Crippen LogP contribution in [0.25, 0.3) is 22.2 Å². The molecular formula is C26H25Cl2N6O5+. The number of nitrogens with one attached hydrogen (secondary N) is 1. The van der Waals surface area contributed by atoms with Gasteiger partial charge in [-0.3, -0.25) is 10.3 Å². The average molecular weight is 572 g/mol. The Balaban J connectivity index is 1.61. The van der Waals surface area contributed by atoms with E-state index in [1.807, 2.05) is 0 Å². The number of pyridine rings is 1. The van der Waals surface area contributed by atoms with Gasteiger partial charge in [-0.2, -0.15) is 0 Å². The molecule has 0 unspecified atom stereocenters. The van der Waals surface area contributed by atoms with Crippen LogP contribution in [-0.4, -0.2) is 59.9 Å². The number of anilines is 1. The minimum absolute atomic E-state index is 0.0421. The molecule has 0 spiro atoms. The first-order chi connectivity index (χ1) is 18.6. The van der Waals surface area contributed by atoms with Gasteiger partial charge in [0.25, 0.3) is 0 Å². The third-order valence-electron chi connectivity index (χ3n) is 5.86. The number of quaternary nitrogens is 1. The number of urea groups is 1. The van der Waals surface area contributed by atoms with E-state index < -0.39 is 12.1 Å². The van der Waals surface area contributed by atoms with Crippen molar-refractivity contribution in [1.82, 2.24) is 15.0 Å². The van der Waals surface area contributed by atoms with Crippen LogP contribution in [0.15, 0.2) is 48.9 Å². The number of carbonyl (C=O) groups excluding carboxylic acids is 2. The molecule has 2 aromatic heterocycles. The van der Waals surface area contributed by atoms with Gasteiger partial charge >= 0.3 is 12.1 Å². The van der Waals surface area contributed by atoms with Crippen molar-refractivity contribution in [1.29, 1.82) is 0 Å². The summed E-state index contributed by atoms with van der Waals surface area (Å²) in [7, 11) is 6.35. The number of rotatable bonds is 7. The van der Waals surface area contributed by atoms with Crippen LogP contribution in [0.5, 0.6) is 17.2 Å². The largest absolute Gasteiger partial charge is 0.495 e. The molecule has 0 radical (unpaired) electrons. The first-order valence-electron chi connectivity index (χ1n) is 11.5. The molecule has 0 aliphatic rings. The highest BCUT2D eigenvalue weighted by Crippen LogP contribution is 2.47. The Bertz CT molecular complexity index is 1540. The van der Waals surface area contributed by atoms with Gasteiger partial charge in [0.05, 0.1) is 38.4 Å². The number of benzene rings is 2. The maximum absolute atomic E-state index is 12.7. The summed E-state index contributed by atoms with van der Waals surface area (Å²) >= 11 is 13.2. The number of primary amides is 1. The number of methoxy groups -OCH3 is 2. The van der Waals surface area contributed by atoms with Gasteiger partial charge in [-0.1, -0.05) is 23.2 Å². The fourth-order valence-electron chi connectivity index (χ4n) is 3.79. The van der Waals surface area contributed by atoms with Gasteiger partial charge in [-0.05, 0) is 24.3 Å². The summed E-state index contributed by atoms with van der Waals surface area (Å²) in [5.74, 6) is 1.13. The minimum Gasteiger partial charge on any atom is -0.495 e. The highest BCUT2D eigenvalue weighted by atomic mass is 35.5. The molecule has 0 aliphatic heterocycles. The number of nitrogens with zero attached hydrogens (tertiary/aromatic N) is 4. The number of hydrogen-bond acceptors (Lipinski definition) is 8. The Labute approximate surface area is 234 Å². The fourth-order valence-corrected chi connectivity index (χ4v) is 4.50. The first-order valence-corrected chi connectivity index (χ1v) is 12.2. The summed E-state index contributed by atoms with van der Waals surface area (Å²) < 4.78 is 16.3. The predicted molar refractivity (Wildman–Crippen MR) is 147 cm³/mol. The zero-order chi connectivity index (χ0) is 28.3. The molecule has 3 N–H and O–H groups in total. The number of hydrogen-bond donors (Lipinski definition) is 2. The second kappa shape index (κ2) is 11.3. The maximum atomic E-state index is 12.7. The Hall–Kier alpha value is -4.19. The van der Waals surface area contributed by atoms with Crippen LogP contribution < -0.4 is 25.3 Å². The van der Waals surface area contributed by atoms with Crippen molar-refractivity contribution in [2.45, 2.75) is 6.54 Å². The summed E-state index contributed by atoms with van der Waals surface area (Å²) in [4.78, 5) is 37.3. The first kappa shape index (κ1) is 27.8. The molecule has 202 valence electrons. The Morgan fingerprint density at radius 1 is 0.923 bits per heavy atom. The number of halogens is 2. The molecule has 2 aromatic carbocycles. The third-order valence-corrected chi connectivity index (χ3v) is 6.61. The van der Waals surface area contributed by atoms with Crippen molar-refractivity contribution >= 4 is 52.2 Å². The normalized spacial score (nSPS) is 11.2. The van der Waals surface area contributed by atoms with E-state index in [9.17, 15) is 9.59 Å². The van der Waals surface area contributed by atoms with Crippen LogP contribution in [0.1, 0.15) is 5.56 Å². The van der Waals surface area contributed by atoms with Gasteiger partial charge in [0.2, 0.25) is 0 Å². The van der Waals surface area contributed by atoms with Gasteiger partial charge in [0.15, 0.2) is 5.75 Å². The third kappa shape index (κ3) is 5.80. The van der Waals surface area contributed by atoms with Crippen molar-refractivity contribution in [3.8, 4) is 28.4 Å². The number of aromatic nitrogens is 3. The Kier molecular flexibility index (Phi) is 8.05. The number of nitrogens with two attached hydrogens (primary N) is 1. The quantitative estimate of drug-likeness (QED) is 0.285. The lowest BCUT2D eigenvalue weighted by Gasteiger charge is -2.23. The van der Waals surface area contributed by atoms with Crippen LogP contribution in [0.3, 0.4) is 0 Å². The highest BCUT2D eigenvalue weighted by Gasteiger charge is 2.24. The molecule has 0 saturated heterocycles. The van der Waals surface area contributed by atoms with Crippen LogP contribution in [0.4, 0.5) is 15.4 Å². The van der Waals surface area contributed by atoms with Crippen molar-refractivity contribution in [2.24, 2.45) is 5.73 Å². The molecule has 0 fully saturated rings. The maximum Gasteiger partial charge on any atom is 0.418 e. The molecule has 2 heterocycles. The molecule has 39 heavy (non-hydrogen) atoms. The van der Waals surface area contributed by atoms with Crippen LogP contribution >= 0.6 is 23.2 Å². The topological polar surface area (TPSA) is 139 Å². The summed E-state index contributed by atoms with van der Waals surface area (Å²) in [5.41, 5.74) is 7.83. The summed E-state index contributed by atoms with van der Waals surface area (Å²) in [6.45, 7) is 0.345. The van der Waals surface area contributed by atoms with Gasteiger partial charge in [-0.15, -0.1) is 0 Å². The zero-order valence-electron chi connectivity index (χ0n) is 21.5. The number of amides is 3. The fraction of sp³-hybridized carbons (Fsp3) is 0.192. The van der Waals surface area contributed by atoms with E-state index in [0.29, 0.717) is 40.2 Å². The summed E-state index contributed by atoms with van der Waals surface area (Å²) in [6, 6.07) is 7.66. The van der Waals surface area contributed by atoms with Gasteiger partial charge in [0, 0.05) is 41.3 Å². The van der Waals surface area contributed by atoms with Gasteiger partial charge in [-0.25, -0.2) is 24.0 Å². The highest BCUT2D eigenvalue weighted by molar-refractivity contribution is 6.41. The van der Waals surface area contributed by atoms with Gasteiger partial charge in [0.1, 0.15) is 34.9 Å². The van der Waals surface area contributed by atoms with Crippen LogP contribution in [-0.2, 0) is 6.54 Å². The molecule has 11 nitrogen and oxygen atoms in total. The van der Waals surface area contributed by atoms with E-state index >= 15 is 0 Å². The van der Waals surface area contributed by atoms with Crippen molar-refractivity contribution < 1.29 is 28.3 Å². The number of ether oxygens (including phenoxy) is 3. The molecule has 0 atom stereocenters. The Morgan fingerprint density at radius 3 is 2.13 bits per heavy atom. The molecule has 4 aromatic rings. The molecule has 13 heteroatoms. The van der Waals surface area contributed by atoms with E-state index in [4.69, 9.17) is 43.1 Å². The molecule has 0 aliphatic carbocycles. The van der Waals surface area contributed by atoms with Crippen LogP contribution in [0, 0.1) is 0 Å². The standard InChI is InChI=1S/C26H24Cl2N6O5/c1-34(2,25(29)35)13-14-5-8-19(32-12-14)33-26(36)39-16-7-6-15(23-24(16)31-10-9-30-23)20-21(27)17(37-3)11-18(38-4)22(20)28/h5-12H,13H2,1-4H3,(H2-,29,32,33,35,36)/p+1. The lowest BCUT2D eigenvalue weighted by molar-refractivity contribution is -0.821. The second-order valence-electron chi connectivity index (χ2n) is 8.90. The molecular weight excluding hydrogens is 547 g/mol. The lowest BCUT2D eigenvalue weighted by atomic mass is 10.0. The van der Waals surface area contributed by atoms with Crippen molar-refractivity contribution in [3.63, 3.8) is 0 Å². The summed E-state index contributed by atoms with van der Waals surface area (Å²) in [5, 5.41) is 3.09. The molecule has 0 saturated carbocycles. The van der Waals surface area contributed by atoms with E-state index in [-0.39, 0.29) is 26.1 Å². The van der Waals surface area contributed by atoms with Gasteiger partial charge < -0.3 is 19.9 Å². The SMILES string of the molecule is COc1cc(OC)c(Cl)c(-c2ccc(OC(=O)Nc3ccc(C[N+](C)(C)C(N)=O)cn3)c3nccnc23)c1Cl. The van der Waals surface area contributed by atoms with Crippen LogP contribution in [0.2, 0.25) is 10.0 Å². The van der Waals surface area contributed by atoms with Crippen molar-refractivity contribution in [2.75, 3.05) is 33.6 Å². The zero-order valence-corrected chi connectivity index (χ0v) is 23.0. The van der Waals surface area contributed by atoms with E-state index in [1.54, 1.807) is 50.6 Å². The monoisotopic (exact) mass is 571 g/mol. The minimum atomic E-state index is -0.790. The van der Waals surface area contributed by atoms with Crippen molar-refractivity contribution in [3.05, 3.63) is 64.5 Å². The molecule has 4 rings (SSSR count). The van der Waals surface area contributed by atoms with E-state index in [1.165, 1.54) is 26.6 Å².